The first kappa shape index (κ1) is 15.2. The second-order valence-corrected chi connectivity index (χ2v) is 4.75. The van der Waals surface area contributed by atoms with E-state index in [2.05, 4.69) is 0 Å². The second-order valence-electron chi connectivity index (χ2n) is 4.75. The van der Waals surface area contributed by atoms with Crippen molar-refractivity contribution in [3.8, 4) is 0 Å². The zero-order chi connectivity index (χ0) is 15.6. The molecule has 0 aromatic heterocycles. The summed E-state index contributed by atoms with van der Waals surface area (Å²) in [5.74, 6) is -0.437. The number of nitrogens with zero attached hydrogens (tertiary/aromatic N) is 1. The molecule has 2 aromatic carbocycles. The van der Waals surface area contributed by atoms with Gasteiger partial charge in [-0.05, 0) is 35.9 Å². The van der Waals surface area contributed by atoms with Crippen molar-refractivity contribution < 1.29 is 17.6 Å². The van der Waals surface area contributed by atoms with Gasteiger partial charge in [-0.15, -0.1) is 0 Å². The Morgan fingerprint density at radius 3 is 2.43 bits per heavy atom. The Kier molecular flexibility index (Phi) is 4.06. The summed E-state index contributed by atoms with van der Waals surface area (Å²) in [6.45, 7) is -0.00141. The van der Waals surface area contributed by atoms with Crippen LogP contribution in [0.25, 0.3) is 0 Å². The SMILES string of the molecule is CN(Cc1ccc(N)cc1C(F)(F)F)c1cccc(F)c1. The largest absolute Gasteiger partial charge is 0.416 e. The highest BCUT2D eigenvalue weighted by molar-refractivity contribution is 5.50. The third kappa shape index (κ3) is 3.65. The monoisotopic (exact) mass is 298 g/mol. The first-order chi connectivity index (χ1) is 9.77. The summed E-state index contributed by atoms with van der Waals surface area (Å²) in [6.07, 6.45) is -4.48. The Bertz CT molecular complexity index is 638. The summed E-state index contributed by atoms with van der Waals surface area (Å²) in [7, 11) is 1.60. The molecule has 2 aromatic rings. The maximum absolute atomic E-state index is 13.2. The van der Waals surface area contributed by atoms with E-state index in [4.69, 9.17) is 5.73 Å². The van der Waals surface area contributed by atoms with Crippen LogP contribution in [0.4, 0.5) is 28.9 Å². The van der Waals surface area contributed by atoms with Crippen LogP contribution in [0.15, 0.2) is 42.5 Å². The van der Waals surface area contributed by atoms with Gasteiger partial charge in [0.1, 0.15) is 5.82 Å². The van der Waals surface area contributed by atoms with Gasteiger partial charge in [-0.1, -0.05) is 12.1 Å². The summed E-state index contributed by atoms with van der Waals surface area (Å²) in [5, 5.41) is 0. The molecule has 0 aliphatic carbocycles. The van der Waals surface area contributed by atoms with E-state index in [1.54, 1.807) is 18.0 Å². The van der Waals surface area contributed by atoms with Crippen LogP contribution in [0.3, 0.4) is 0 Å². The van der Waals surface area contributed by atoms with Gasteiger partial charge in [-0.3, -0.25) is 0 Å². The normalized spacial score (nSPS) is 11.5. The standard InChI is InChI=1S/C15H14F4N2/c1-21(13-4-2-3-11(16)7-13)9-10-5-6-12(20)8-14(10)15(17,18)19/h2-8H,9,20H2,1H3. The molecule has 2 nitrogen and oxygen atoms in total. The molecule has 0 saturated heterocycles. The number of benzene rings is 2. The van der Waals surface area contributed by atoms with E-state index in [0.717, 1.165) is 6.07 Å². The van der Waals surface area contributed by atoms with Gasteiger partial charge in [0.25, 0.3) is 0 Å². The van der Waals surface area contributed by atoms with Crippen molar-refractivity contribution in [1.82, 2.24) is 0 Å². The third-order valence-corrected chi connectivity index (χ3v) is 3.10. The highest BCUT2D eigenvalue weighted by Crippen LogP contribution is 2.34. The highest BCUT2D eigenvalue weighted by Gasteiger charge is 2.33. The number of nitrogens with two attached hydrogens (primary N) is 1. The molecule has 0 unspecified atom stereocenters. The number of halogens is 4. The first-order valence-electron chi connectivity index (χ1n) is 6.19. The average molecular weight is 298 g/mol. The van der Waals surface area contributed by atoms with Crippen LogP contribution in [0.2, 0.25) is 0 Å². The van der Waals surface area contributed by atoms with Crippen LogP contribution in [-0.4, -0.2) is 7.05 Å². The Morgan fingerprint density at radius 2 is 1.81 bits per heavy atom. The lowest BCUT2D eigenvalue weighted by molar-refractivity contribution is -0.138. The van der Waals surface area contributed by atoms with Crippen LogP contribution in [-0.2, 0) is 12.7 Å². The molecule has 2 N–H and O–H groups in total. The molecule has 0 fully saturated rings. The highest BCUT2D eigenvalue weighted by atomic mass is 19.4. The van der Waals surface area contributed by atoms with Crippen LogP contribution < -0.4 is 10.6 Å². The maximum Gasteiger partial charge on any atom is 0.416 e. The Morgan fingerprint density at radius 1 is 1.10 bits per heavy atom. The van der Waals surface area contributed by atoms with E-state index in [-0.39, 0.29) is 17.8 Å². The predicted molar refractivity (Wildman–Crippen MR) is 74.4 cm³/mol. The van der Waals surface area contributed by atoms with Gasteiger partial charge in [0.05, 0.1) is 5.56 Å². The van der Waals surface area contributed by atoms with Crippen molar-refractivity contribution >= 4 is 11.4 Å². The number of hydrogen-bond acceptors (Lipinski definition) is 2. The molecule has 0 heterocycles. The minimum absolute atomic E-state index is 0.00141. The van der Waals surface area contributed by atoms with Crippen molar-refractivity contribution in [3.05, 3.63) is 59.4 Å². The summed E-state index contributed by atoms with van der Waals surface area (Å²) >= 11 is 0. The van der Waals surface area contributed by atoms with Crippen molar-refractivity contribution in [2.24, 2.45) is 0 Å². The van der Waals surface area contributed by atoms with Crippen molar-refractivity contribution in [3.63, 3.8) is 0 Å². The number of alkyl halides is 3. The zero-order valence-electron chi connectivity index (χ0n) is 11.3. The van der Waals surface area contributed by atoms with E-state index in [9.17, 15) is 17.6 Å². The van der Waals surface area contributed by atoms with Gasteiger partial charge in [0, 0.05) is 25.0 Å². The number of nitrogen functional groups attached to an aromatic ring is 1. The molecule has 112 valence electrons. The molecule has 0 spiro atoms. The Balaban J connectivity index is 2.31. The molecule has 2 rings (SSSR count). The fourth-order valence-corrected chi connectivity index (χ4v) is 2.06. The molecule has 0 bridgehead atoms. The van der Waals surface area contributed by atoms with E-state index in [0.29, 0.717) is 5.69 Å². The molecular formula is C15H14F4N2. The van der Waals surface area contributed by atoms with Crippen LogP contribution in [0, 0.1) is 5.82 Å². The maximum atomic E-state index is 13.2. The summed E-state index contributed by atoms with van der Waals surface area (Å²) in [4.78, 5) is 1.55. The lowest BCUT2D eigenvalue weighted by Crippen LogP contribution is -2.20. The summed E-state index contributed by atoms with van der Waals surface area (Å²) in [5.41, 5.74) is 5.29. The van der Waals surface area contributed by atoms with Gasteiger partial charge in [-0.2, -0.15) is 13.2 Å². The number of anilines is 2. The van der Waals surface area contributed by atoms with Crippen LogP contribution in [0.1, 0.15) is 11.1 Å². The molecular weight excluding hydrogens is 284 g/mol. The fraction of sp³-hybridized carbons (Fsp3) is 0.200. The molecule has 0 atom stereocenters. The number of rotatable bonds is 3. The van der Waals surface area contributed by atoms with Crippen LogP contribution >= 0.6 is 0 Å². The van der Waals surface area contributed by atoms with E-state index >= 15 is 0 Å². The minimum Gasteiger partial charge on any atom is -0.399 e. The first-order valence-corrected chi connectivity index (χ1v) is 6.19. The van der Waals surface area contributed by atoms with Gasteiger partial charge in [0.15, 0.2) is 0 Å². The zero-order valence-corrected chi connectivity index (χ0v) is 11.3. The van der Waals surface area contributed by atoms with Crippen molar-refractivity contribution in [2.75, 3.05) is 17.7 Å². The molecule has 21 heavy (non-hydrogen) atoms. The third-order valence-electron chi connectivity index (χ3n) is 3.10. The van der Waals surface area contributed by atoms with E-state index in [1.165, 1.54) is 30.3 Å². The molecule has 0 amide bonds. The van der Waals surface area contributed by atoms with Crippen molar-refractivity contribution in [2.45, 2.75) is 12.7 Å². The predicted octanol–water partition coefficient (Wildman–Crippen LogP) is 4.06. The van der Waals surface area contributed by atoms with Gasteiger partial charge < -0.3 is 10.6 Å². The van der Waals surface area contributed by atoms with Gasteiger partial charge in [0.2, 0.25) is 0 Å². The quantitative estimate of drug-likeness (QED) is 0.684. The van der Waals surface area contributed by atoms with Gasteiger partial charge >= 0.3 is 6.18 Å². The summed E-state index contributed by atoms with van der Waals surface area (Å²) < 4.78 is 52.2. The molecule has 0 saturated carbocycles. The molecule has 0 radical (unpaired) electrons. The topological polar surface area (TPSA) is 29.3 Å². The molecule has 0 aliphatic heterocycles. The van der Waals surface area contributed by atoms with Crippen molar-refractivity contribution in [1.29, 1.82) is 0 Å². The molecule has 0 aliphatic rings. The fourth-order valence-electron chi connectivity index (χ4n) is 2.06. The van der Waals surface area contributed by atoms with Crippen LogP contribution in [0.5, 0.6) is 0 Å². The molecule has 6 heteroatoms. The van der Waals surface area contributed by atoms with E-state index in [1.807, 2.05) is 0 Å². The lowest BCUT2D eigenvalue weighted by Gasteiger charge is -2.22. The van der Waals surface area contributed by atoms with E-state index < -0.39 is 17.6 Å². The Labute approximate surface area is 119 Å². The smallest absolute Gasteiger partial charge is 0.399 e. The average Bonchev–Trinajstić information content (AvgIpc) is 2.39. The summed E-state index contributed by atoms with van der Waals surface area (Å²) in [6, 6.07) is 9.36. The van der Waals surface area contributed by atoms with Gasteiger partial charge in [-0.25, -0.2) is 4.39 Å². The lowest BCUT2D eigenvalue weighted by atomic mass is 10.1. The minimum atomic E-state index is -4.48. The number of hydrogen-bond donors (Lipinski definition) is 1. The second kappa shape index (κ2) is 5.63. The Hall–Kier alpha value is -2.24.